The first-order valence-corrected chi connectivity index (χ1v) is 6.45. The topological polar surface area (TPSA) is 62.5 Å². The lowest BCUT2D eigenvalue weighted by Gasteiger charge is -2.14. The number of aliphatic imine (C=N–C) groups is 1. The summed E-state index contributed by atoms with van der Waals surface area (Å²) < 4.78 is 5.31. The molecule has 2 heterocycles. The molecule has 6 heteroatoms. The number of nitrogens with zero attached hydrogens (tertiary/aromatic N) is 2. The van der Waals surface area contributed by atoms with Gasteiger partial charge in [-0.25, -0.2) is 0 Å². The van der Waals surface area contributed by atoms with Crippen LogP contribution < -0.4 is 10.6 Å². The highest BCUT2D eigenvalue weighted by Gasteiger charge is 2.08. The Balaban J connectivity index is 0.00000147. The first-order valence-electron chi connectivity index (χ1n) is 6.45. The van der Waals surface area contributed by atoms with Gasteiger partial charge in [-0.3, -0.25) is 4.99 Å². The zero-order chi connectivity index (χ0) is 12.9. The van der Waals surface area contributed by atoms with Crippen molar-refractivity contribution in [3.63, 3.8) is 0 Å². The third kappa shape index (κ3) is 3.72. The van der Waals surface area contributed by atoms with Crippen LogP contribution in [0.5, 0.6) is 0 Å². The third-order valence-corrected chi connectivity index (χ3v) is 2.96. The molecule has 20 heavy (non-hydrogen) atoms. The number of aromatic nitrogens is 1. The minimum absolute atomic E-state index is 0. The first-order chi connectivity index (χ1) is 9.42. The Kier molecular flexibility index (Phi) is 5.40. The molecule has 0 bridgehead atoms. The second-order valence-electron chi connectivity index (χ2n) is 4.41. The van der Waals surface area contributed by atoms with Crippen LogP contribution in [0.2, 0.25) is 0 Å². The Hall–Kier alpha value is -1.57. The molecule has 1 aromatic carbocycles. The standard InChI is InChI=1S/C14H16N4O.HI/c1-2-5-11(6-3-1)13-9-12(19-18-13)10-17-14-15-7-4-8-16-14;/h1-3,5-6,9H,4,7-8,10H2,(H2,15,16,17);1H. The molecule has 0 saturated carbocycles. The smallest absolute Gasteiger partial charge is 0.191 e. The van der Waals surface area contributed by atoms with Gasteiger partial charge in [0, 0.05) is 24.7 Å². The van der Waals surface area contributed by atoms with Crippen LogP contribution in [0.25, 0.3) is 11.3 Å². The average Bonchev–Trinajstić information content (AvgIpc) is 2.96. The maximum Gasteiger partial charge on any atom is 0.191 e. The molecule has 106 valence electrons. The predicted octanol–water partition coefficient (Wildman–Crippen LogP) is 2.40. The van der Waals surface area contributed by atoms with Crippen molar-refractivity contribution in [2.45, 2.75) is 13.0 Å². The van der Waals surface area contributed by atoms with Crippen LogP contribution in [0.4, 0.5) is 0 Å². The van der Waals surface area contributed by atoms with Gasteiger partial charge in [0.05, 0.1) is 6.54 Å². The number of nitrogens with one attached hydrogen (secondary N) is 2. The van der Waals surface area contributed by atoms with Crippen molar-refractivity contribution in [3.8, 4) is 11.3 Å². The van der Waals surface area contributed by atoms with Crippen LogP contribution >= 0.6 is 24.0 Å². The molecular weight excluding hydrogens is 367 g/mol. The molecule has 0 amide bonds. The largest absolute Gasteiger partial charge is 0.359 e. The maximum absolute atomic E-state index is 5.31. The van der Waals surface area contributed by atoms with Crippen molar-refractivity contribution in [1.29, 1.82) is 0 Å². The molecule has 1 aliphatic rings. The lowest BCUT2D eigenvalue weighted by molar-refractivity contribution is 0.381. The fraction of sp³-hybridized carbons (Fsp3) is 0.286. The van der Waals surface area contributed by atoms with Gasteiger partial charge < -0.3 is 15.2 Å². The highest BCUT2D eigenvalue weighted by atomic mass is 127. The van der Waals surface area contributed by atoms with Crippen LogP contribution in [-0.4, -0.2) is 24.2 Å². The quantitative estimate of drug-likeness (QED) is 0.798. The van der Waals surface area contributed by atoms with Gasteiger partial charge in [-0.15, -0.1) is 24.0 Å². The Labute approximate surface area is 134 Å². The Morgan fingerprint density at radius 3 is 2.85 bits per heavy atom. The van der Waals surface area contributed by atoms with E-state index < -0.39 is 0 Å². The molecule has 0 radical (unpaired) electrons. The van der Waals surface area contributed by atoms with Gasteiger partial charge in [0.25, 0.3) is 0 Å². The second-order valence-corrected chi connectivity index (χ2v) is 4.41. The minimum Gasteiger partial charge on any atom is -0.359 e. The number of hydrogen-bond acceptors (Lipinski definition) is 5. The highest BCUT2D eigenvalue weighted by Crippen LogP contribution is 2.18. The van der Waals surface area contributed by atoms with Crippen molar-refractivity contribution in [3.05, 3.63) is 42.2 Å². The van der Waals surface area contributed by atoms with Crippen LogP contribution in [-0.2, 0) is 6.54 Å². The zero-order valence-corrected chi connectivity index (χ0v) is 13.3. The number of guanidine groups is 1. The first kappa shape index (κ1) is 14.8. The molecule has 0 atom stereocenters. The molecule has 0 aliphatic carbocycles. The normalized spacial score (nSPS) is 13.9. The lowest BCUT2D eigenvalue weighted by Crippen LogP contribution is -2.40. The van der Waals surface area contributed by atoms with E-state index in [1.807, 2.05) is 36.4 Å². The van der Waals surface area contributed by atoms with Crippen molar-refractivity contribution >= 4 is 29.9 Å². The third-order valence-electron chi connectivity index (χ3n) is 2.96. The molecule has 0 unspecified atom stereocenters. The number of benzene rings is 1. The van der Waals surface area contributed by atoms with E-state index in [2.05, 4.69) is 20.8 Å². The number of hydrogen-bond donors (Lipinski definition) is 2. The van der Waals surface area contributed by atoms with E-state index in [9.17, 15) is 0 Å². The van der Waals surface area contributed by atoms with Gasteiger partial charge in [-0.1, -0.05) is 35.5 Å². The van der Waals surface area contributed by atoms with Crippen LogP contribution in [0.1, 0.15) is 12.2 Å². The van der Waals surface area contributed by atoms with Crippen LogP contribution in [0.15, 0.2) is 45.9 Å². The monoisotopic (exact) mass is 384 g/mol. The molecule has 2 aromatic rings. The van der Waals surface area contributed by atoms with E-state index in [1.54, 1.807) is 0 Å². The predicted molar refractivity (Wildman–Crippen MR) is 89.1 cm³/mol. The molecule has 3 rings (SSSR count). The molecule has 5 nitrogen and oxygen atoms in total. The van der Waals surface area contributed by atoms with Gasteiger partial charge in [0.1, 0.15) is 5.69 Å². The maximum atomic E-state index is 5.31. The van der Waals surface area contributed by atoms with Gasteiger partial charge in [-0.05, 0) is 6.42 Å². The zero-order valence-electron chi connectivity index (χ0n) is 11.0. The molecule has 0 saturated heterocycles. The molecule has 1 aliphatic heterocycles. The van der Waals surface area contributed by atoms with Gasteiger partial charge >= 0.3 is 0 Å². The van der Waals surface area contributed by atoms with Crippen molar-refractivity contribution in [2.75, 3.05) is 13.1 Å². The van der Waals surface area contributed by atoms with E-state index in [0.29, 0.717) is 6.54 Å². The Morgan fingerprint density at radius 2 is 2.10 bits per heavy atom. The highest BCUT2D eigenvalue weighted by molar-refractivity contribution is 14.0. The summed E-state index contributed by atoms with van der Waals surface area (Å²) in [5.41, 5.74) is 1.92. The summed E-state index contributed by atoms with van der Waals surface area (Å²) in [7, 11) is 0. The summed E-state index contributed by atoms with van der Waals surface area (Å²) in [4.78, 5) is 4.34. The summed E-state index contributed by atoms with van der Waals surface area (Å²) in [5.74, 6) is 1.64. The molecule has 0 spiro atoms. The van der Waals surface area contributed by atoms with E-state index >= 15 is 0 Å². The average molecular weight is 384 g/mol. The van der Waals surface area contributed by atoms with Gasteiger partial charge in [0.2, 0.25) is 0 Å². The Bertz CT molecular complexity index is 568. The van der Waals surface area contributed by atoms with Crippen molar-refractivity contribution < 1.29 is 4.52 Å². The van der Waals surface area contributed by atoms with E-state index in [4.69, 9.17) is 4.52 Å². The van der Waals surface area contributed by atoms with Crippen molar-refractivity contribution in [1.82, 2.24) is 15.8 Å². The number of halogens is 1. The van der Waals surface area contributed by atoms with Crippen LogP contribution in [0.3, 0.4) is 0 Å². The van der Waals surface area contributed by atoms with Crippen molar-refractivity contribution in [2.24, 2.45) is 4.99 Å². The van der Waals surface area contributed by atoms with Crippen LogP contribution in [0, 0.1) is 0 Å². The summed E-state index contributed by atoms with van der Waals surface area (Å²) in [6.07, 6.45) is 1.09. The Morgan fingerprint density at radius 1 is 1.25 bits per heavy atom. The summed E-state index contributed by atoms with van der Waals surface area (Å²) in [5, 5.41) is 10.5. The molecule has 2 N–H and O–H groups in total. The van der Waals surface area contributed by atoms with Gasteiger partial charge in [-0.2, -0.15) is 0 Å². The summed E-state index contributed by atoms with van der Waals surface area (Å²) in [6, 6.07) is 11.9. The van der Waals surface area contributed by atoms with E-state index in [1.165, 1.54) is 0 Å². The number of rotatable bonds is 3. The van der Waals surface area contributed by atoms with Gasteiger partial charge in [0.15, 0.2) is 11.7 Å². The summed E-state index contributed by atoms with van der Waals surface area (Å²) in [6.45, 7) is 2.43. The molecular formula is C14H17IN4O. The lowest BCUT2D eigenvalue weighted by atomic mass is 10.1. The van der Waals surface area contributed by atoms with E-state index in [-0.39, 0.29) is 24.0 Å². The summed E-state index contributed by atoms with van der Waals surface area (Å²) >= 11 is 0. The molecule has 1 aromatic heterocycles. The second kappa shape index (κ2) is 7.28. The fourth-order valence-corrected chi connectivity index (χ4v) is 1.96. The van der Waals surface area contributed by atoms with E-state index in [0.717, 1.165) is 42.5 Å². The fourth-order valence-electron chi connectivity index (χ4n) is 1.96. The molecule has 0 fully saturated rings. The SMILES string of the molecule is I.c1ccc(-c2cc(CNC3=NCCCN3)on2)cc1. The minimum atomic E-state index is 0.